The van der Waals surface area contributed by atoms with E-state index < -0.39 is 40.2 Å². The van der Waals surface area contributed by atoms with Gasteiger partial charge in [-0.15, -0.1) is 0 Å². The first-order valence-electron chi connectivity index (χ1n) is 10.8. The van der Waals surface area contributed by atoms with Crippen LogP contribution in [0.15, 0.2) is 77.7 Å². The molecule has 0 aromatic heterocycles. The number of likely N-dealkylation sites (N-methyl/N-ethyl adjacent to an activating group) is 1. The number of amides is 2. The minimum Gasteiger partial charge on any atom is -0.357 e. The Hall–Kier alpha value is -3.14. The number of benzene rings is 3. The van der Waals surface area contributed by atoms with E-state index in [-0.39, 0.29) is 22.2 Å². The highest BCUT2D eigenvalue weighted by atomic mass is 35.5. The van der Waals surface area contributed by atoms with E-state index in [2.05, 4.69) is 5.32 Å². The van der Waals surface area contributed by atoms with Crippen molar-refractivity contribution in [1.29, 1.82) is 0 Å². The summed E-state index contributed by atoms with van der Waals surface area (Å²) in [6, 6.07) is 16.1. The van der Waals surface area contributed by atoms with E-state index in [0.29, 0.717) is 10.6 Å². The highest BCUT2D eigenvalue weighted by Crippen LogP contribution is 2.26. The molecule has 3 aromatic rings. The molecule has 7 nitrogen and oxygen atoms in total. The molecular formula is C25H24Cl2FN3O4S. The van der Waals surface area contributed by atoms with E-state index in [4.69, 9.17) is 23.2 Å². The van der Waals surface area contributed by atoms with Gasteiger partial charge in [-0.2, -0.15) is 0 Å². The summed E-state index contributed by atoms with van der Waals surface area (Å²) in [6.45, 7) is 0.802. The fraction of sp³-hybridized carbons (Fsp3) is 0.200. The number of hydrogen-bond donors (Lipinski definition) is 1. The van der Waals surface area contributed by atoms with Crippen molar-refractivity contribution >= 4 is 50.7 Å². The maximum absolute atomic E-state index is 13.6. The molecule has 0 spiro atoms. The molecule has 3 rings (SSSR count). The molecule has 0 fully saturated rings. The maximum atomic E-state index is 13.6. The largest absolute Gasteiger partial charge is 0.357 e. The van der Waals surface area contributed by atoms with Gasteiger partial charge in [0.15, 0.2) is 0 Å². The topological polar surface area (TPSA) is 86.8 Å². The number of carbonyl (C=O) groups excluding carboxylic acids is 2. The highest BCUT2D eigenvalue weighted by Gasteiger charge is 2.32. The summed E-state index contributed by atoms with van der Waals surface area (Å²) >= 11 is 12.3. The Morgan fingerprint density at radius 3 is 2.22 bits per heavy atom. The van der Waals surface area contributed by atoms with Crippen LogP contribution in [0.1, 0.15) is 12.5 Å². The van der Waals surface area contributed by atoms with Crippen molar-refractivity contribution in [3.63, 3.8) is 0 Å². The average molecular weight is 552 g/mol. The van der Waals surface area contributed by atoms with E-state index in [0.717, 1.165) is 16.4 Å². The summed E-state index contributed by atoms with van der Waals surface area (Å²) in [7, 11) is -2.78. The predicted octanol–water partition coefficient (Wildman–Crippen LogP) is 4.49. The summed E-state index contributed by atoms with van der Waals surface area (Å²) in [5.74, 6) is -1.68. The van der Waals surface area contributed by atoms with Crippen molar-refractivity contribution in [2.24, 2.45) is 0 Å². The van der Waals surface area contributed by atoms with E-state index in [1.54, 1.807) is 30.3 Å². The first kappa shape index (κ1) is 27.4. The first-order chi connectivity index (χ1) is 17.0. The van der Waals surface area contributed by atoms with Gasteiger partial charge in [-0.25, -0.2) is 12.8 Å². The molecule has 36 heavy (non-hydrogen) atoms. The van der Waals surface area contributed by atoms with Crippen LogP contribution < -0.4 is 9.62 Å². The number of nitrogens with zero attached hydrogens (tertiary/aromatic N) is 2. The van der Waals surface area contributed by atoms with Crippen LogP contribution in [0.5, 0.6) is 0 Å². The normalized spacial score (nSPS) is 12.0. The van der Waals surface area contributed by atoms with Crippen molar-refractivity contribution in [2.45, 2.75) is 24.4 Å². The summed E-state index contributed by atoms with van der Waals surface area (Å²) in [4.78, 5) is 27.3. The molecule has 0 radical (unpaired) electrons. The van der Waals surface area contributed by atoms with E-state index in [9.17, 15) is 22.4 Å². The minimum absolute atomic E-state index is 0.0474. The summed E-state index contributed by atoms with van der Waals surface area (Å²) in [5.41, 5.74) is 0.607. The van der Waals surface area contributed by atoms with Crippen LogP contribution in [-0.4, -0.2) is 44.8 Å². The standard InChI is InChI=1S/C25H24Cl2FN3O4S/c1-17(25(33)29-2)30(15-18-8-9-19(26)14-23(18)27)24(32)16-31(21-12-10-20(28)11-13-21)36(34,35)22-6-4-3-5-7-22/h3-14,17H,15-16H2,1-2H3,(H,29,33). The van der Waals surface area contributed by atoms with Crippen LogP contribution in [-0.2, 0) is 26.2 Å². The van der Waals surface area contributed by atoms with Gasteiger partial charge in [0.25, 0.3) is 10.0 Å². The lowest BCUT2D eigenvalue weighted by Gasteiger charge is -2.32. The Kier molecular flexibility index (Phi) is 8.94. The highest BCUT2D eigenvalue weighted by molar-refractivity contribution is 7.92. The van der Waals surface area contributed by atoms with Crippen molar-refractivity contribution in [2.75, 3.05) is 17.9 Å². The van der Waals surface area contributed by atoms with E-state index >= 15 is 0 Å². The second-order valence-corrected chi connectivity index (χ2v) is 10.6. The molecule has 1 atom stereocenters. The van der Waals surface area contributed by atoms with Gasteiger partial charge in [0, 0.05) is 23.6 Å². The molecule has 11 heteroatoms. The lowest BCUT2D eigenvalue weighted by Crippen LogP contribution is -2.50. The third-order valence-corrected chi connectivity index (χ3v) is 7.87. The number of halogens is 3. The number of hydrogen-bond acceptors (Lipinski definition) is 4. The zero-order valence-corrected chi connectivity index (χ0v) is 21.8. The van der Waals surface area contributed by atoms with Crippen LogP contribution in [0.2, 0.25) is 10.0 Å². The molecule has 1 N–H and O–H groups in total. The fourth-order valence-corrected chi connectivity index (χ4v) is 5.38. The molecule has 190 valence electrons. The Bertz CT molecular complexity index is 1340. The second kappa shape index (κ2) is 11.7. The van der Waals surface area contributed by atoms with Gasteiger partial charge < -0.3 is 10.2 Å². The van der Waals surface area contributed by atoms with Gasteiger partial charge in [-0.1, -0.05) is 47.5 Å². The van der Waals surface area contributed by atoms with Crippen molar-refractivity contribution < 1.29 is 22.4 Å². The molecule has 0 aliphatic carbocycles. The van der Waals surface area contributed by atoms with Gasteiger partial charge in [0.2, 0.25) is 11.8 Å². The Balaban J connectivity index is 2.03. The Morgan fingerprint density at radius 2 is 1.64 bits per heavy atom. The molecule has 0 heterocycles. The van der Waals surface area contributed by atoms with Crippen molar-refractivity contribution in [1.82, 2.24) is 10.2 Å². The van der Waals surface area contributed by atoms with Gasteiger partial charge >= 0.3 is 0 Å². The fourth-order valence-electron chi connectivity index (χ4n) is 3.48. The SMILES string of the molecule is CNC(=O)C(C)N(Cc1ccc(Cl)cc1Cl)C(=O)CN(c1ccc(F)cc1)S(=O)(=O)c1ccccc1. The number of nitrogens with one attached hydrogen (secondary N) is 1. The third-order valence-electron chi connectivity index (χ3n) is 5.49. The molecule has 3 aromatic carbocycles. The summed E-state index contributed by atoms with van der Waals surface area (Å²) in [5, 5.41) is 3.19. The lowest BCUT2D eigenvalue weighted by atomic mass is 10.1. The van der Waals surface area contributed by atoms with Gasteiger partial charge in [0.05, 0.1) is 10.6 Å². The molecule has 0 aliphatic rings. The van der Waals surface area contributed by atoms with Crippen molar-refractivity contribution in [3.05, 3.63) is 94.2 Å². The number of carbonyl (C=O) groups is 2. The number of rotatable bonds is 9. The van der Waals surface area contributed by atoms with Crippen LogP contribution in [0.25, 0.3) is 0 Å². The monoisotopic (exact) mass is 551 g/mol. The lowest BCUT2D eigenvalue weighted by molar-refractivity contribution is -0.139. The first-order valence-corrected chi connectivity index (χ1v) is 13.0. The Labute approximate surface area is 219 Å². The zero-order chi connectivity index (χ0) is 26.5. The smallest absolute Gasteiger partial charge is 0.264 e. The van der Waals surface area contributed by atoms with Gasteiger partial charge in [-0.3, -0.25) is 13.9 Å². The van der Waals surface area contributed by atoms with E-state index in [1.165, 1.54) is 49.2 Å². The van der Waals surface area contributed by atoms with E-state index in [1.807, 2.05) is 0 Å². The maximum Gasteiger partial charge on any atom is 0.264 e. The molecule has 0 saturated carbocycles. The van der Waals surface area contributed by atoms with Crippen LogP contribution in [0.3, 0.4) is 0 Å². The van der Waals surface area contributed by atoms with Gasteiger partial charge in [-0.05, 0) is 61.0 Å². The number of anilines is 1. The van der Waals surface area contributed by atoms with Crippen LogP contribution in [0.4, 0.5) is 10.1 Å². The summed E-state index contributed by atoms with van der Waals surface area (Å²) < 4.78 is 41.5. The average Bonchev–Trinajstić information content (AvgIpc) is 2.87. The second-order valence-electron chi connectivity index (χ2n) is 7.85. The van der Waals surface area contributed by atoms with Crippen molar-refractivity contribution in [3.8, 4) is 0 Å². The van der Waals surface area contributed by atoms with Crippen LogP contribution in [0, 0.1) is 5.82 Å². The van der Waals surface area contributed by atoms with Gasteiger partial charge in [0.1, 0.15) is 18.4 Å². The molecule has 0 saturated heterocycles. The molecule has 0 bridgehead atoms. The molecule has 0 aliphatic heterocycles. The quantitative estimate of drug-likeness (QED) is 0.424. The van der Waals surface area contributed by atoms with Crippen LogP contribution >= 0.6 is 23.2 Å². The number of sulfonamides is 1. The summed E-state index contributed by atoms with van der Waals surface area (Å²) in [6.07, 6.45) is 0. The zero-order valence-electron chi connectivity index (χ0n) is 19.5. The molecule has 2 amide bonds. The third kappa shape index (κ3) is 6.34. The molecule has 1 unspecified atom stereocenters. The predicted molar refractivity (Wildman–Crippen MR) is 138 cm³/mol. The molecular weight excluding hydrogens is 528 g/mol. The Morgan fingerprint density at radius 1 is 1.00 bits per heavy atom. The minimum atomic E-state index is -4.21.